The van der Waals surface area contributed by atoms with Crippen LogP contribution in [0.2, 0.25) is 0 Å². The number of benzene rings is 2. The molecule has 4 nitrogen and oxygen atoms in total. The summed E-state index contributed by atoms with van der Waals surface area (Å²) in [5, 5.41) is 8.71. The van der Waals surface area contributed by atoms with E-state index in [9.17, 15) is 4.79 Å². The van der Waals surface area contributed by atoms with Crippen molar-refractivity contribution in [2.24, 2.45) is 0 Å². The number of carbonyl (C=O) groups excluding carboxylic acids is 1. The fourth-order valence-corrected chi connectivity index (χ4v) is 3.12. The summed E-state index contributed by atoms with van der Waals surface area (Å²) < 4.78 is -1.06. The highest BCUT2D eigenvalue weighted by atomic mass is 79.9. The lowest BCUT2D eigenvalue weighted by Gasteiger charge is -2.28. The first-order chi connectivity index (χ1) is 12.6. The molecule has 0 spiro atoms. The van der Waals surface area contributed by atoms with Gasteiger partial charge in [-0.25, -0.2) is 0 Å². The van der Waals surface area contributed by atoms with Crippen LogP contribution in [0.15, 0.2) is 46.9 Å². The summed E-state index contributed by atoms with van der Waals surface area (Å²) in [4.78, 5) is 12.5. The van der Waals surface area contributed by atoms with Crippen LogP contribution in [0, 0.1) is 13.8 Å². The Kier molecular flexibility index (Phi) is 7.77. The summed E-state index contributed by atoms with van der Waals surface area (Å²) in [5.41, 5.74) is 3.49. The molecule has 1 atom stereocenters. The maximum absolute atomic E-state index is 12.5. The highest BCUT2D eigenvalue weighted by molar-refractivity contribution is 9.10. The quantitative estimate of drug-likeness (QED) is 0.290. The first-order valence-electron chi connectivity index (χ1n) is 7.84. The summed E-state index contributed by atoms with van der Waals surface area (Å²) >= 11 is 26.6. The maximum atomic E-state index is 12.5. The molecule has 0 fully saturated rings. The van der Waals surface area contributed by atoms with Crippen molar-refractivity contribution in [3.05, 3.63) is 63.6 Å². The lowest BCUT2D eigenvalue weighted by molar-refractivity contribution is 0.0934. The largest absolute Gasteiger partial charge is 0.339 e. The summed E-state index contributed by atoms with van der Waals surface area (Å²) in [6.07, 6.45) is -1.04. The van der Waals surface area contributed by atoms with E-state index < -0.39 is 15.9 Å². The Morgan fingerprint density at radius 2 is 1.78 bits per heavy atom. The number of nitrogens with one attached hydrogen (secondary N) is 3. The SMILES string of the molecule is Cc1ccc(NC(=S)N[C@@H](NC(=O)c2cccc(Br)c2)C(Cl)(Cl)Cl)cc1C. The molecule has 2 aromatic rings. The van der Waals surface area contributed by atoms with Gasteiger partial charge in [-0.15, -0.1) is 0 Å². The highest BCUT2D eigenvalue weighted by Gasteiger charge is 2.34. The van der Waals surface area contributed by atoms with Crippen LogP contribution >= 0.6 is 63.0 Å². The number of aryl methyl sites for hydroxylation is 2. The molecule has 0 unspecified atom stereocenters. The van der Waals surface area contributed by atoms with Gasteiger partial charge in [-0.3, -0.25) is 4.79 Å². The number of alkyl halides is 3. The van der Waals surface area contributed by atoms with Crippen LogP contribution in [-0.2, 0) is 0 Å². The molecular weight excluding hydrogens is 493 g/mol. The van der Waals surface area contributed by atoms with Crippen LogP contribution in [0.3, 0.4) is 0 Å². The van der Waals surface area contributed by atoms with Crippen LogP contribution in [0.5, 0.6) is 0 Å². The van der Waals surface area contributed by atoms with E-state index in [0.717, 1.165) is 15.7 Å². The third-order valence-corrected chi connectivity index (χ3v) is 5.10. The summed E-state index contributed by atoms with van der Waals surface area (Å²) in [6.45, 7) is 4.02. The van der Waals surface area contributed by atoms with E-state index in [1.54, 1.807) is 18.2 Å². The third kappa shape index (κ3) is 6.80. The Morgan fingerprint density at radius 3 is 2.37 bits per heavy atom. The number of rotatable bonds is 4. The van der Waals surface area contributed by atoms with E-state index in [-0.39, 0.29) is 5.11 Å². The van der Waals surface area contributed by atoms with Gasteiger partial charge in [0.25, 0.3) is 5.91 Å². The predicted molar refractivity (Wildman–Crippen MR) is 121 cm³/mol. The lowest BCUT2D eigenvalue weighted by atomic mass is 10.1. The number of carbonyl (C=O) groups is 1. The predicted octanol–water partition coefficient (Wildman–Crippen LogP) is 5.48. The van der Waals surface area contributed by atoms with E-state index in [2.05, 4.69) is 31.9 Å². The van der Waals surface area contributed by atoms with Crippen molar-refractivity contribution in [1.29, 1.82) is 0 Å². The monoisotopic (exact) mass is 507 g/mol. The minimum Gasteiger partial charge on any atom is -0.339 e. The van der Waals surface area contributed by atoms with Gasteiger partial charge in [0.05, 0.1) is 0 Å². The molecule has 3 N–H and O–H groups in total. The number of hydrogen-bond donors (Lipinski definition) is 3. The zero-order valence-electron chi connectivity index (χ0n) is 14.4. The first kappa shape index (κ1) is 22.2. The first-order valence-corrected chi connectivity index (χ1v) is 10.2. The van der Waals surface area contributed by atoms with Crippen molar-refractivity contribution in [2.75, 3.05) is 5.32 Å². The smallest absolute Gasteiger partial charge is 0.253 e. The van der Waals surface area contributed by atoms with E-state index >= 15 is 0 Å². The van der Waals surface area contributed by atoms with Gasteiger partial charge < -0.3 is 16.0 Å². The normalized spacial score (nSPS) is 12.2. The van der Waals surface area contributed by atoms with Gasteiger partial charge in [0.2, 0.25) is 3.79 Å². The highest BCUT2D eigenvalue weighted by Crippen LogP contribution is 2.29. The maximum Gasteiger partial charge on any atom is 0.253 e. The van der Waals surface area contributed by atoms with Crippen molar-refractivity contribution in [1.82, 2.24) is 10.6 Å². The minimum absolute atomic E-state index is 0.212. The second kappa shape index (κ2) is 9.43. The molecule has 0 aliphatic heterocycles. The molecule has 0 heterocycles. The Hall–Kier alpha value is -1.05. The molecule has 0 saturated heterocycles. The Balaban J connectivity index is 2.08. The van der Waals surface area contributed by atoms with E-state index in [1.165, 1.54) is 5.56 Å². The van der Waals surface area contributed by atoms with Gasteiger partial charge >= 0.3 is 0 Å². The molecule has 2 rings (SSSR count). The van der Waals surface area contributed by atoms with Gasteiger partial charge in [0.15, 0.2) is 5.11 Å². The molecule has 2 aromatic carbocycles. The molecule has 0 aromatic heterocycles. The average Bonchev–Trinajstić information content (AvgIpc) is 2.56. The Morgan fingerprint density at radius 1 is 1.07 bits per heavy atom. The molecule has 0 radical (unpaired) electrons. The van der Waals surface area contributed by atoms with Gasteiger partial charge in [-0.2, -0.15) is 0 Å². The van der Waals surface area contributed by atoms with Gasteiger partial charge in [-0.1, -0.05) is 62.9 Å². The standard InChI is InChI=1S/C18H17BrCl3N3OS/c1-10-6-7-14(8-11(10)2)23-17(27)25-16(18(20,21)22)24-15(26)12-4-3-5-13(19)9-12/h3-9,16H,1-2H3,(H,24,26)(H2,23,25,27)/t16-/m1/s1. The average molecular weight is 510 g/mol. The number of anilines is 1. The van der Waals surface area contributed by atoms with Crippen molar-refractivity contribution < 1.29 is 4.79 Å². The number of hydrogen-bond acceptors (Lipinski definition) is 2. The Labute approximate surface area is 187 Å². The van der Waals surface area contributed by atoms with Crippen LogP contribution in [0.4, 0.5) is 5.69 Å². The van der Waals surface area contributed by atoms with E-state index in [0.29, 0.717) is 5.56 Å². The van der Waals surface area contributed by atoms with Crippen molar-refractivity contribution in [3.63, 3.8) is 0 Å². The van der Waals surface area contributed by atoms with E-state index in [4.69, 9.17) is 47.0 Å². The molecule has 27 heavy (non-hydrogen) atoms. The summed E-state index contributed by atoms with van der Waals surface area (Å²) in [7, 11) is 0. The van der Waals surface area contributed by atoms with Crippen LogP contribution in [0.25, 0.3) is 0 Å². The fourth-order valence-electron chi connectivity index (χ4n) is 2.16. The van der Waals surface area contributed by atoms with Crippen molar-refractivity contribution in [3.8, 4) is 0 Å². The van der Waals surface area contributed by atoms with Gasteiger partial charge in [-0.05, 0) is 67.5 Å². The lowest BCUT2D eigenvalue weighted by Crippen LogP contribution is -2.56. The van der Waals surface area contributed by atoms with Crippen molar-refractivity contribution >= 4 is 79.7 Å². The van der Waals surface area contributed by atoms with Gasteiger partial charge in [0, 0.05) is 15.7 Å². The summed E-state index contributed by atoms with van der Waals surface area (Å²) in [6, 6.07) is 12.7. The summed E-state index contributed by atoms with van der Waals surface area (Å²) in [5.74, 6) is -0.408. The third-order valence-electron chi connectivity index (χ3n) is 3.73. The molecule has 0 bridgehead atoms. The Bertz CT molecular complexity index is 858. The minimum atomic E-state index is -1.82. The molecule has 1 amide bonds. The topological polar surface area (TPSA) is 53.2 Å². The zero-order chi connectivity index (χ0) is 20.2. The van der Waals surface area contributed by atoms with Crippen LogP contribution in [-0.4, -0.2) is 21.0 Å². The zero-order valence-corrected chi connectivity index (χ0v) is 19.1. The van der Waals surface area contributed by atoms with Crippen molar-refractivity contribution in [2.45, 2.75) is 23.8 Å². The van der Waals surface area contributed by atoms with Crippen LogP contribution < -0.4 is 16.0 Å². The molecule has 0 saturated carbocycles. The molecular formula is C18H17BrCl3N3OS. The van der Waals surface area contributed by atoms with Gasteiger partial charge in [0.1, 0.15) is 6.17 Å². The molecule has 144 valence electrons. The second-order valence-corrected chi connectivity index (χ2v) is 9.55. The molecule has 9 heteroatoms. The second-order valence-electron chi connectivity index (χ2n) is 5.86. The number of amides is 1. The number of halogens is 4. The fraction of sp³-hybridized carbons (Fsp3) is 0.222. The van der Waals surface area contributed by atoms with Crippen LogP contribution in [0.1, 0.15) is 21.5 Å². The molecule has 0 aliphatic carbocycles. The number of thiocarbonyl (C=S) groups is 1. The van der Waals surface area contributed by atoms with E-state index in [1.807, 2.05) is 38.1 Å². The molecule has 0 aliphatic rings.